The number of carboxylic acid groups (broad SMARTS) is 1. The second-order valence-electron chi connectivity index (χ2n) is 4.50. The number of aromatic nitrogens is 4. The topological polar surface area (TPSA) is 110 Å². The highest BCUT2D eigenvalue weighted by atomic mass is 16.5. The van der Waals surface area contributed by atoms with E-state index in [9.17, 15) is 9.90 Å². The number of nitrogens with zero attached hydrogens (tertiary/aromatic N) is 4. The number of nitrogens with one attached hydrogen (secondary N) is 1. The molecule has 0 fully saturated rings. The Morgan fingerprint density at radius 2 is 2.24 bits per heavy atom. The summed E-state index contributed by atoms with van der Waals surface area (Å²) in [7, 11) is 1.49. The average molecular weight is 287 g/mol. The SMILES string of the molecule is COc1cc(-c2nc3c(c(C(=O)O)n2)CNCC3)ncn1. The molecule has 0 saturated heterocycles. The van der Waals surface area contributed by atoms with Gasteiger partial charge in [-0.15, -0.1) is 0 Å². The monoisotopic (exact) mass is 287 g/mol. The van der Waals surface area contributed by atoms with Gasteiger partial charge < -0.3 is 15.2 Å². The zero-order valence-corrected chi connectivity index (χ0v) is 11.3. The molecule has 108 valence electrons. The van der Waals surface area contributed by atoms with E-state index in [1.807, 2.05) is 0 Å². The van der Waals surface area contributed by atoms with Crippen molar-refractivity contribution in [3.63, 3.8) is 0 Å². The van der Waals surface area contributed by atoms with Crippen LogP contribution >= 0.6 is 0 Å². The molecule has 8 heteroatoms. The summed E-state index contributed by atoms with van der Waals surface area (Å²) in [4.78, 5) is 28.0. The largest absolute Gasteiger partial charge is 0.481 e. The highest BCUT2D eigenvalue weighted by Crippen LogP contribution is 2.21. The number of aromatic carboxylic acids is 1. The lowest BCUT2D eigenvalue weighted by atomic mass is 10.0. The number of methoxy groups -OCH3 is 1. The maximum Gasteiger partial charge on any atom is 0.354 e. The first-order chi connectivity index (χ1) is 10.2. The Hall–Kier alpha value is -2.61. The van der Waals surface area contributed by atoms with Crippen molar-refractivity contribution in [2.24, 2.45) is 0 Å². The summed E-state index contributed by atoms with van der Waals surface area (Å²) >= 11 is 0. The lowest BCUT2D eigenvalue weighted by Crippen LogP contribution is -2.28. The van der Waals surface area contributed by atoms with Gasteiger partial charge in [-0.25, -0.2) is 24.7 Å². The summed E-state index contributed by atoms with van der Waals surface area (Å²) in [5.74, 6) is -0.423. The normalized spacial score (nSPS) is 13.6. The molecule has 0 radical (unpaired) electrons. The summed E-state index contributed by atoms with van der Waals surface area (Å²) in [6, 6.07) is 1.58. The summed E-state index contributed by atoms with van der Waals surface area (Å²) in [6.07, 6.45) is 1.99. The lowest BCUT2D eigenvalue weighted by molar-refractivity contribution is 0.0688. The van der Waals surface area contributed by atoms with Crippen LogP contribution in [0.3, 0.4) is 0 Å². The number of carbonyl (C=O) groups is 1. The summed E-state index contributed by atoms with van der Waals surface area (Å²) < 4.78 is 5.03. The second-order valence-corrected chi connectivity index (χ2v) is 4.50. The van der Waals surface area contributed by atoms with Crippen LogP contribution in [0.2, 0.25) is 0 Å². The number of rotatable bonds is 3. The van der Waals surface area contributed by atoms with E-state index in [-0.39, 0.29) is 11.5 Å². The van der Waals surface area contributed by atoms with Crippen LogP contribution in [0.5, 0.6) is 5.88 Å². The molecule has 3 rings (SSSR count). The predicted molar refractivity (Wildman–Crippen MR) is 72.0 cm³/mol. The molecule has 2 aromatic heterocycles. The molecule has 21 heavy (non-hydrogen) atoms. The van der Waals surface area contributed by atoms with Crippen LogP contribution in [0.25, 0.3) is 11.5 Å². The van der Waals surface area contributed by atoms with Crippen molar-refractivity contribution in [3.8, 4) is 17.4 Å². The second kappa shape index (κ2) is 5.41. The molecular formula is C13H13N5O3. The van der Waals surface area contributed by atoms with E-state index in [1.165, 1.54) is 13.4 Å². The first kappa shape index (κ1) is 13.4. The van der Waals surface area contributed by atoms with E-state index in [2.05, 4.69) is 25.3 Å². The van der Waals surface area contributed by atoms with Crippen molar-refractivity contribution in [1.29, 1.82) is 0 Å². The van der Waals surface area contributed by atoms with E-state index in [0.717, 1.165) is 12.2 Å². The van der Waals surface area contributed by atoms with Gasteiger partial charge in [0.1, 0.15) is 12.0 Å². The third-order valence-corrected chi connectivity index (χ3v) is 3.22. The average Bonchev–Trinajstić information content (AvgIpc) is 2.53. The van der Waals surface area contributed by atoms with Crippen molar-refractivity contribution >= 4 is 5.97 Å². The van der Waals surface area contributed by atoms with Gasteiger partial charge in [-0.3, -0.25) is 0 Å². The van der Waals surface area contributed by atoms with Crippen molar-refractivity contribution in [3.05, 3.63) is 29.3 Å². The molecule has 1 aliphatic rings. The van der Waals surface area contributed by atoms with E-state index >= 15 is 0 Å². The summed E-state index contributed by atoms with van der Waals surface area (Å²) in [5.41, 5.74) is 1.83. The van der Waals surface area contributed by atoms with Crippen LogP contribution in [0.15, 0.2) is 12.4 Å². The minimum Gasteiger partial charge on any atom is -0.481 e. The maximum atomic E-state index is 11.4. The molecule has 0 unspecified atom stereocenters. The van der Waals surface area contributed by atoms with Crippen LogP contribution in [0.4, 0.5) is 0 Å². The lowest BCUT2D eigenvalue weighted by Gasteiger charge is -2.18. The fraction of sp³-hybridized carbons (Fsp3) is 0.308. The molecule has 2 N–H and O–H groups in total. The number of hydrogen-bond acceptors (Lipinski definition) is 7. The van der Waals surface area contributed by atoms with E-state index in [0.29, 0.717) is 30.1 Å². The van der Waals surface area contributed by atoms with Gasteiger partial charge in [0.15, 0.2) is 11.5 Å². The van der Waals surface area contributed by atoms with Gasteiger partial charge in [-0.1, -0.05) is 0 Å². The Kier molecular flexibility index (Phi) is 3.44. The molecule has 8 nitrogen and oxygen atoms in total. The van der Waals surface area contributed by atoms with Gasteiger partial charge in [0.05, 0.1) is 12.8 Å². The third-order valence-electron chi connectivity index (χ3n) is 3.22. The fourth-order valence-electron chi connectivity index (χ4n) is 2.21. The van der Waals surface area contributed by atoms with Crippen LogP contribution in [0.1, 0.15) is 21.7 Å². The van der Waals surface area contributed by atoms with Crippen LogP contribution < -0.4 is 10.1 Å². The zero-order chi connectivity index (χ0) is 14.8. The quantitative estimate of drug-likeness (QED) is 0.828. The maximum absolute atomic E-state index is 11.4. The third kappa shape index (κ3) is 2.52. The first-order valence-corrected chi connectivity index (χ1v) is 6.39. The Labute approximate surface area is 120 Å². The Morgan fingerprint density at radius 3 is 3.00 bits per heavy atom. The van der Waals surface area contributed by atoms with E-state index in [4.69, 9.17) is 4.74 Å². The Morgan fingerprint density at radius 1 is 1.38 bits per heavy atom. The molecule has 0 amide bonds. The zero-order valence-electron chi connectivity index (χ0n) is 11.3. The van der Waals surface area contributed by atoms with Gasteiger partial charge in [-0.2, -0.15) is 0 Å². The van der Waals surface area contributed by atoms with Crippen molar-refractivity contribution in [1.82, 2.24) is 25.3 Å². The number of hydrogen-bond donors (Lipinski definition) is 2. The molecule has 0 bridgehead atoms. The van der Waals surface area contributed by atoms with Gasteiger partial charge in [0.2, 0.25) is 5.88 Å². The molecule has 2 aromatic rings. The molecule has 3 heterocycles. The minimum absolute atomic E-state index is 0.0137. The van der Waals surface area contributed by atoms with Crippen molar-refractivity contribution in [2.75, 3.05) is 13.7 Å². The van der Waals surface area contributed by atoms with Crippen LogP contribution in [-0.4, -0.2) is 44.7 Å². The molecule has 1 aliphatic heterocycles. The summed E-state index contributed by atoms with van der Waals surface area (Å²) in [6.45, 7) is 1.22. The fourth-order valence-corrected chi connectivity index (χ4v) is 2.21. The molecule has 0 aromatic carbocycles. The molecule has 0 saturated carbocycles. The van der Waals surface area contributed by atoms with Crippen LogP contribution in [-0.2, 0) is 13.0 Å². The van der Waals surface area contributed by atoms with Gasteiger partial charge in [0.25, 0.3) is 0 Å². The Balaban J connectivity index is 2.14. The Bertz CT molecular complexity index is 704. The van der Waals surface area contributed by atoms with E-state index in [1.54, 1.807) is 6.07 Å². The summed E-state index contributed by atoms with van der Waals surface area (Å²) in [5, 5.41) is 12.5. The van der Waals surface area contributed by atoms with Crippen molar-refractivity contribution < 1.29 is 14.6 Å². The molecular weight excluding hydrogens is 274 g/mol. The number of carboxylic acids is 1. The molecule has 0 atom stereocenters. The predicted octanol–water partition coefficient (Wildman–Crippen LogP) is 0.286. The highest BCUT2D eigenvalue weighted by molar-refractivity contribution is 5.88. The van der Waals surface area contributed by atoms with Gasteiger partial charge >= 0.3 is 5.97 Å². The van der Waals surface area contributed by atoms with Crippen LogP contribution in [0, 0.1) is 0 Å². The van der Waals surface area contributed by atoms with Gasteiger partial charge in [-0.05, 0) is 0 Å². The standard InChI is InChI=1S/C13H13N5O3/c1-21-10-4-9(15-6-16-10)12-17-8-2-3-14-5-7(8)11(18-12)13(19)20/h4,6,14H,2-3,5H2,1H3,(H,19,20). The van der Waals surface area contributed by atoms with Crippen molar-refractivity contribution in [2.45, 2.75) is 13.0 Å². The van der Waals surface area contributed by atoms with E-state index < -0.39 is 5.97 Å². The number of fused-ring (bicyclic) bond motifs is 1. The first-order valence-electron chi connectivity index (χ1n) is 6.39. The van der Waals surface area contributed by atoms with Gasteiger partial charge in [0, 0.05) is 31.1 Å². The smallest absolute Gasteiger partial charge is 0.354 e. The molecule has 0 spiro atoms. The molecule has 0 aliphatic carbocycles. The number of ether oxygens (including phenoxy) is 1. The minimum atomic E-state index is -1.07. The highest BCUT2D eigenvalue weighted by Gasteiger charge is 2.22.